The van der Waals surface area contributed by atoms with Crippen LogP contribution in [0, 0.1) is 0 Å². The Morgan fingerprint density at radius 1 is 0.812 bits per heavy atom. The topological polar surface area (TPSA) is 15.3 Å². The largest absolute Gasteiger partial charge is 0.317 e. The SMILES string of the molecule is CNC1CC2CCC(C1)N2C1CCCCC1. The van der Waals surface area contributed by atoms with Crippen molar-refractivity contribution in [3.63, 3.8) is 0 Å². The number of rotatable bonds is 2. The van der Waals surface area contributed by atoms with Gasteiger partial charge in [0.2, 0.25) is 0 Å². The Hall–Kier alpha value is -0.0800. The molecule has 16 heavy (non-hydrogen) atoms. The Kier molecular flexibility index (Phi) is 3.21. The fourth-order valence-corrected chi connectivity index (χ4v) is 4.42. The molecule has 3 fully saturated rings. The molecular weight excluding hydrogens is 196 g/mol. The molecule has 3 aliphatic rings. The summed E-state index contributed by atoms with van der Waals surface area (Å²) in [4.78, 5) is 2.94. The first kappa shape index (κ1) is 11.0. The highest BCUT2D eigenvalue weighted by molar-refractivity contribution is 5.00. The van der Waals surface area contributed by atoms with Crippen molar-refractivity contribution in [1.29, 1.82) is 0 Å². The summed E-state index contributed by atoms with van der Waals surface area (Å²) >= 11 is 0. The van der Waals surface area contributed by atoms with Gasteiger partial charge in [-0.25, -0.2) is 0 Å². The third kappa shape index (κ3) is 1.91. The number of nitrogens with one attached hydrogen (secondary N) is 1. The maximum atomic E-state index is 3.50. The zero-order valence-electron chi connectivity index (χ0n) is 10.6. The van der Waals surface area contributed by atoms with Crippen molar-refractivity contribution in [3.8, 4) is 0 Å². The van der Waals surface area contributed by atoms with E-state index in [2.05, 4.69) is 17.3 Å². The summed E-state index contributed by atoms with van der Waals surface area (Å²) in [5.74, 6) is 0. The third-order valence-corrected chi connectivity index (χ3v) is 5.19. The van der Waals surface area contributed by atoms with Crippen molar-refractivity contribution in [3.05, 3.63) is 0 Å². The quantitative estimate of drug-likeness (QED) is 0.772. The van der Waals surface area contributed by atoms with E-state index in [0.717, 1.165) is 24.2 Å². The van der Waals surface area contributed by atoms with Crippen molar-refractivity contribution in [2.24, 2.45) is 0 Å². The van der Waals surface area contributed by atoms with Gasteiger partial charge in [-0.3, -0.25) is 4.90 Å². The molecule has 0 aromatic heterocycles. The minimum absolute atomic E-state index is 0.803. The first-order chi connectivity index (χ1) is 7.88. The van der Waals surface area contributed by atoms with Gasteiger partial charge in [0.1, 0.15) is 0 Å². The van der Waals surface area contributed by atoms with E-state index in [1.807, 2.05) is 0 Å². The molecule has 1 aliphatic carbocycles. The molecule has 1 N–H and O–H groups in total. The van der Waals surface area contributed by atoms with Gasteiger partial charge < -0.3 is 5.32 Å². The summed E-state index contributed by atoms with van der Waals surface area (Å²) < 4.78 is 0. The van der Waals surface area contributed by atoms with Gasteiger partial charge in [-0.1, -0.05) is 19.3 Å². The molecule has 0 radical (unpaired) electrons. The van der Waals surface area contributed by atoms with Gasteiger partial charge in [0.05, 0.1) is 0 Å². The number of piperidine rings is 1. The molecule has 0 aromatic carbocycles. The van der Waals surface area contributed by atoms with Gasteiger partial charge in [-0.2, -0.15) is 0 Å². The van der Waals surface area contributed by atoms with Gasteiger partial charge in [0.15, 0.2) is 0 Å². The lowest BCUT2D eigenvalue weighted by Gasteiger charge is -2.45. The van der Waals surface area contributed by atoms with Crippen LogP contribution in [0.4, 0.5) is 0 Å². The van der Waals surface area contributed by atoms with Crippen LogP contribution in [-0.2, 0) is 0 Å². The zero-order valence-corrected chi connectivity index (χ0v) is 10.6. The molecule has 1 saturated carbocycles. The first-order valence-corrected chi connectivity index (χ1v) is 7.33. The zero-order chi connectivity index (χ0) is 11.0. The number of fused-ring (bicyclic) bond motifs is 2. The molecule has 2 aliphatic heterocycles. The van der Waals surface area contributed by atoms with E-state index in [9.17, 15) is 0 Å². The maximum absolute atomic E-state index is 3.50. The molecule has 0 amide bonds. The van der Waals surface area contributed by atoms with Crippen LogP contribution < -0.4 is 5.32 Å². The number of hydrogen-bond donors (Lipinski definition) is 1. The maximum Gasteiger partial charge on any atom is 0.0116 e. The minimum Gasteiger partial charge on any atom is -0.317 e. The lowest BCUT2D eigenvalue weighted by Crippen LogP contribution is -2.52. The van der Waals surface area contributed by atoms with Gasteiger partial charge in [-0.15, -0.1) is 0 Å². The highest BCUT2D eigenvalue weighted by atomic mass is 15.3. The van der Waals surface area contributed by atoms with E-state index in [0.29, 0.717) is 0 Å². The second kappa shape index (κ2) is 4.66. The highest BCUT2D eigenvalue weighted by Crippen LogP contribution is 2.40. The van der Waals surface area contributed by atoms with Crippen LogP contribution in [0.25, 0.3) is 0 Å². The van der Waals surface area contributed by atoms with E-state index in [-0.39, 0.29) is 0 Å². The van der Waals surface area contributed by atoms with Gasteiger partial charge in [0.25, 0.3) is 0 Å². The molecule has 2 saturated heterocycles. The van der Waals surface area contributed by atoms with Crippen LogP contribution in [-0.4, -0.2) is 36.1 Å². The minimum atomic E-state index is 0.803. The fourth-order valence-electron chi connectivity index (χ4n) is 4.42. The molecule has 0 spiro atoms. The van der Waals surface area contributed by atoms with Gasteiger partial charge in [0, 0.05) is 24.2 Å². The standard InChI is InChI=1S/C14H26N2/c1-15-11-9-13-7-8-14(10-11)16(13)12-5-3-2-4-6-12/h11-15H,2-10H2,1H3. The second-order valence-corrected chi connectivity index (χ2v) is 6.08. The number of hydrogen-bond acceptors (Lipinski definition) is 2. The van der Waals surface area contributed by atoms with E-state index in [4.69, 9.17) is 0 Å². The van der Waals surface area contributed by atoms with Crippen LogP contribution in [0.3, 0.4) is 0 Å². The van der Waals surface area contributed by atoms with Crippen LogP contribution in [0.1, 0.15) is 57.8 Å². The summed E-state index contributed by atoms with van der Waals surface area (Å²) in [6.45, 7) is 0. The Bertz CT molecular complexity index is 221. The molecule has 92 valence electrons. The van der Waals surface area contributed by atoms with Crippen molar-refractivity contribution in [2.75, 3.05) is 7.05 Å². The molecule has 2 nitrogen and oxygen atoms in total. The fraction of sp³-hybridized carbons (Fsp3) is 1.00. The Morgan fingerprint density at radius 3 is 2.00 bits per heavy atom. The van der Waals surface area contributed by atoms with Crippen molar-refractivity contribution in [2.45, 2.75) is 82.0 Å². The Morgan fingerprint density at radius 2 is 1.44 bits per heavy atom. The monoisotopic (exact) mass is 222 g/mol. The normalized spacial score (nSPS) is 41.4. The molecular formula is C14H26N2. The number of nitrogens with zero attached hydrogens (tertiary/aromatic N) is 1. The van der Waals surface area contributed by atoms with Crippen molar-refractivity contribution < 1.29 is 0 Å². The predicted octanol–water partition coefficient (Wildman–Crippen LogP) is 2.53. The van der Waals surface area contributed by atoms with Crippen LogP contribution >= 0.6 is 0 Å². The predicted molar refractivity (Wildman–Crippen MR) is 67.6 cm³/mol. The summed E-state index contributed by atoms with van der Waals surface area (Å²) in [6, 6.07) is 3.58. The second-order valence-electron chi connectivity index (χ2n) is 6.08. The molecule has 3 rings (SSSR count). The summed E-state index contributed by atoms with van der Waals surface area (Å²) in [6.07, 6.45) is 13.2. The summed E-state index contributed by atoms with van der Waals surface area (Å²) in [5.41, 5.74) is 0. The Balaban J connectivity index is 1.68. The van der Waals surface area contributed by atoms with Gasteiger partial charge in [-0.05, 0) is 45.6 Å². The molecule has 2 bridgehead atoms. The molecule has 2 heterocycles. The van der Waals surface area contributed by atoms with Crippen LogP contribution in [0.2, 0.25) is 0 Å². The van der Waals surface area contributed by atoms with Crippen molar-refractivity contribution in [1.82, 2.24) is 10.2 Å². The lowest BCUT2D eigenvalue weighted by molar-refractivity contribution is 0.0528. The highest BCUT2D eigenvalue weighted by Gasteiger charge is 2.43. The van der Waals surface area contributed by atoms with E-state index < -0.39 is 0 Å². The average molecular weight is 222 g/mol. The smallest absolute Gasteiger partial charge is 0.0116 e. The lowest BCUT2D eigenvalue weighted by atomic mass is 9.89. The van der Waals surface area contributed by atoms with Crippen LogP contribution in [0.15, 0.2) is 0 Å². The van der Waals surface area contributed by atoms with E-state index in [1.54, 1.807) is 0 Å². The molecule has 2 heteroatoms. The molecule has 2 unspecified atom stereocenters. The van der Waals surface area contributed by atoms with Gasteiger partial charge >= 0.3 is 0 Å². The molecule has 0 aromatic rings. The third-order valence-electron chi connectivity index (χ3n) is 5.19. The Labute approximate surface area is 99.8 Å². The van der Waals surface area contributed by atoms with Crippen LogP contribution in [0.5, 0.6) is 0 Å². The first-order valence-electron chi connectivity index (χ1n) is 7.33. The molecule has 2 atom stereocenters. The van der Waals surface area contributed by atoms with Crippen molar-refractivity contribution >= 4 is 0 Å². The average Bonchev–Trinajstić information content (AvgIpc) is 2.61. The van der Waals surface area contributed by atoms with E-state index in [1.165, 1.54) is 57.8 Å². The van der Waals surface area contributed by atoms with E-state index >= 15 is 0 Å². The summed E-state index contributed by atoms with van der Waals surface area (Å²) in [5, 5.41) is 3.50. The summed E-state index contributed by atoms with van der Waals surface area (Å²) in [7, 11) is 2.14.